The number of allylic oxidation sites excluding steroid dienone is 1. The van der Waals surface area contributed by atoms with Crippen molar-refractivity contribution < 1.29 is 0 Å². The van der Waals surface area contributed by atoms with Crippen molar-refractivity contribution in [1.29, 1.82) is 5.26 Å². The molecule has 0 unspecified atom stereocenters. The third-order valence-electron chi connectivity index (χ3n) is 1.96. The first kappa shape index (κ1) is 13.3. The average Bonchev–Trinajstić information content (AvgIpc) is 2.91. The zero-order valence-electron chi connectivity index (χ0n) is 8.21. The van der Waals surface area contributed by atoms with E-state index in [4.69, 9.17) is 11.6 Å². The van der Waals surface area contributed by atoms with E-state index in [9.17, 15) is 5.26 Å². The fraction of sp³-hybridized carbons (Fsp3) is 0. The molecule has 2 heterocycles. The highest BCUT2D eigenvalue weighted by atomic mass is 79.9. The van der Waals surface area contributed by atoms with E-state index in [0.717, 1.165) is 18.0 Å². The van der Waals surface area contributed by atoms with Gasteiger partial charge >= 0.3 is 0 Å². The van der Waals surface area contributed by atoms with E-state index in [-0.39, 0.29) is 0 Å². The lowest BCUT2D eigenvalue weighted by atomic mass is 10.2. The molecule has 0 bridgehead atoms. The molecule has 2 rings (SSSR count). The van der Waals surface area contributed by atoms with E-state index in [1.165, 1.54) is 22.7 Å². The van der Waals surface area contributed by atoms with Crippen LogP contribution in [-0.4, -0.2) is 0 Å². The Labute approximate surface area is 129 Å². The molecule has 0 aliphatic rings. The molecular weight excluding hydrogens is 406 g/mol. The molecule has 2 aromatic heterocycles. The highest BCUT2D eigenvalue weighted by Crippen LogP contribution is 2.40. The number of hydrogen-bond donors (Lipinski definition) is 0. The third kappa shape index (κ3) is 2.83. The molecule has 1 nitrogen and oxygen atoms in total. The van der Waals surface area contributed by atoms with Gasteiger partial charge in [0.2, 0.25) is 0 Å². The Morgan fingerprint density at radius 2 is 2.12 bits per heavy atom. The Bertz CT molecular complexity index is 588. The normalized spacial score (nSPS) is 12.1. The van der Waals surface area contributed by atoms with Crippen LogP contribution < -0.4 is 0 Å². The zero-order valence-corrected chi connectivity index (χ0v) is 13.8. The van der Waals surface area contributed by atoms with Crippen LogP contribution in [0.2, 0.25) is 0 Å². The summed E-state index contributed by atoms with van der Waals surface area (Å²) >= 11 is 16.1. The molecule has 0 atom stereocenters. The minimum absolute atomic E-state index is 0.492. The molecule has 0 aliphatic heterocycles. The number of nitrogens with zero attached hydrogens (tertiary/aromatic N) is 1. The second-order valence-corrected chi connectivity index (χ2v) is 7.56. The summed E-state index contributed by atoms with van der Waals surface area (Å²) in [7, 11) is 0. The van der Waals surface area contributed by atoms with E-state index in [0.29, 0.717) is 10.6 Å². The van der Waals surface area contributed by atoms with Crippen molar-refractivity contribution >= 4 is 76.7 Å². The zero-order chi connectivity index (χ0) is 12.4. The lowest BCUT2D eigenvalue weighted by Crippen LogP contribution is -1.79. The van der Waals surface area contributed by atoms with Crippen LogP contribution in [0.1, 0.15) is 9.75 Å². The summed E-state index contributed by atoms with van der Waals surface area (Å²) in [5, 5.41) is 11.6. The van der Waals surface area contributed by atoms with Gasteiger partial charge in [0.1, 0.15) is 6.07 Å². The quantitative estimate of drug-likeness (QED) is 0.561. The molecule has 2 aromatic rings. The number of nitriles is 1. The molecule has 0 aromatic carbocycles. The molecule has 0 radical (unpaired) electrons. The molecule has 0 spiro atoms. The summed E-state index contributed by atoms with van der Waals surface area (Å²) in [5.74, 6) is 0. The minimum Gasteiger partial charge on any atom is -0.192 e. The van der Waals surface area contributed by atoms with Crippen LogP contribution in [0.4, 0.5) is 0 Å². The van der Waals surface area contributed by atoms with Crippen molar-refractivity contribution in [2.75, 3.05) is 0 Å². The van der Waals surface area contributed by atoms with E-state index < -0.39 is 0 Å². The number of thiophene rings is 2. The highest BCUT2D eigenvalue weighted by Gasteiger charge is 2.14. The van der Waals surface area contributed by atoms with Crippen LogP contribution in [0.25, 0.3) is 10.6 Å². The van der Waals surface area contributed by atoms with E-state index in [1.54, 1.807) is 0 Å². The van der Waals surface area contributed by atoms with Gasteiger partial charge in [-0.1, -0.05) is 17.7 Å². The summed E-state index contributed by atoms with van der Waals surface area (Å²) in [4.78, 5) is 1.76. The van der Waals surface area contributed by atoms with Gasteiger partial charge in [0.25, 0.3) is 0 Å². The average molecular weight is 410 g/mol. The van der Waals surface area contributed by atoms with Gasteiger partial charge in [0.15, 0.2) is 0 Å². The lowest BCUT2D eigenvalue weighted by Gasteiger charge is -1.98. The van der Waals surface area contributed by atoms with Crippen LogP contribution in [0.15, 0.2) is 31.8 Å². The molecule has 0 saturated heterocycles. The smallest absolute Gasteiger partial charge is 0.102 e. The first-order chi connectivity index (χ1) is 8.13. The Kier molecular flexibility index (Phi) is 4.45. The summed E-state index contributed by atoms with van der Waals surface area (Å²) in [6.07, 6.45) is 0. The van der Waals surface area contributed by atoms with Crippen LogP contribution in [-0.2, 0) is 0 Å². The monoisotopic (exact) mass is 407 g/mol. The largest absolute Gasteiger partial charge is 0.192 e. The number of hydrogen-bond acceptors (Lipinski definition) is 3. The molecule has 17 heavy (non-hydrogen) atoms. The van der Waals surface area contributed by atoms with Gasteiger partial charge in [-0.15, -0.1) is 22.7 Å². The van der Waals surface area contributed by atoms with Gasteiger partial charge in [-0.25, -0.2) is 0 Å². The van der Waals surface area contributed by atoms with Crippen molar-refractivity contribution in [2.45, 2.75) is 0 Å². The topological polar surface area (TPSA) is 23.8 Å². The van der Waals surface area contributed by atoms with Crippen molar-refractivity contribution in [1.82, 2.24) is 0 Å². The number of halogens is 3. The van der Waals surface area contributed by atoms with Crippen LogP contribution >= 0.6 is 66.1 Å². The van der Waals surface area contributed by atoms with Crippen molar-refractivity contribution in [3.05, 3.63) is 41.6 Å². The Morgan fingerprint density at radius 1 is 1.35 bits per heavy atom. The molecule has 0 saturated carbocycles. The van der Waals surface area contributed by atoms with Crippen molar-refractivity contribution in [2.24, 2.45) is 0 Å². The van der Waals surface area contributed by atoms with Gasteiger partial charge in [-0.3, -0.25) is 0 Å². The Hall–Kier alpha value is -0.120. The van der Waals surface area contributed by atoms with Gasteiger partial charge in [-0.05, 0) is 49.4 Å². The summed E-state index contributed by atoms with van der Waals surface area (Å²) in [6.45, 7) is 0. The van der Waals surface area contributed by atoms with Gasteiger partial charge < -0.3 is 0 Å². The predicted molar refractivity (Wildman–Crippen MR) is 82.3 cm³/mol. The summed E-state index contributed by atoms with van der Waals surface area (Å²) in [6, 6.07) is 7.87. The second-order valence-electron chi connectivity index (χ2n) is 3.01. The molecule has 0 amide bonds. The van der Waals surface area contributed by atoms with Crippen molar-refractivity contribution in [3.63, 3.8) is 0 Å². The standard InChI is InChI=1S/C11H4Br2ClNS2/c12-7-4-9(17-11(7)13)10(14)6(5-15)8-2-1-3-16-8/h1-4H/b10-6-. The minimum atomic E-state index is 0.492. The second kappa shape index (κ2) is 5.68. The van der Waals surface area contributed by atoms with Crippen molar-refractivity contribution in [3.8, 4) is 6.07 Å². The Morgan fingerprint density at radius 3 is 2.59 bits per heavy atom. The van der Waals surface area contributed by atoms with Gasteiger partial charge in [-0.2, -0.15) is 5.26 Å². The first-order valence-electron chi connectivity index (χ1n) is 4.42. The van der Waals surface area contributed by atoms with E-state index >= 15 is 0 Å². The first-order valence-corrected chi connectivity index (χ1v) is 8.08. The Balaban J connectivity index is 2.53. The number of rotatable bonds is 2. The molecule has 0 aliphatic carbocycles. The third-order valence-corrected chi connectivity index (χ3v) is 6.63. The summed E-state index contributed by atoms with van der Waals surface area (Å²) in [5.41, 5.74) is 0.517. The summed E-state index contributed by atoms with van der Waals surface area (Å²) < 4.78 is 1.91. The van der Waals surface area contributed by atoms with Crippen LogP contribution in [0, 0.1) is 11.3 Å². The lowest BCUT2D eigenvalue weighted by molar-refractivity contribution is 1.54. The highest BCUT2D eigenvalue weighted by molar-refractivity contribution is 9.13. The molecular formula is C11H4Br2ClNS2. The fourth-order valence-electron chi connectivity index (χ4n) is 1.21. The van der Waals surface area contributed by atoms with Gasteiger partial charge in [0, 0.05) is 14.2 Å². The maximum Gasteiger partial charge on any atom is 0.102 e. The maximum atomic E-state index is 9.20. The molecule has 0 N–H and O–H groups in total. The molecule has 86 valence electrons. The van der Waals surface area contributed by atoms with Crippen LogP contribution in [0.5, 0.6) is 0 Å². The van der Waals surface area contributed by atoms with Gasteiger partial charge in [0.05, 0.1) is 14.4 Å². The SMILES string of the molecule is N#C/C(=C(/Cl)c1cc(Br)c(Br)s1)c1cccs1. The fourth-order valence-corrected chi connectivity index (χ4v) is 4.29. The van der Waals surface area contributed by atoms with E-state index in [1.807, 2.05) is 23.6 Å². The van der Waals surface area contributed by atoms with E-state index in [2.05, 4.69) is 37.9 Å². The molecule has 6 heteroatoms. The van der Waals surface area contributed by atoms with Crippen LogP contribution in [0.3, 0.4) is 0 Å². The predicted octanol–water partition coefficient (Wildman–Crippen LogP) is 5.97. The maximum absolute atomic E-state index is 9.20. The molecule has 0 fully saturated rings.